The number of hydrazine groups is 1. The third-order valence-corrected chi connectivity index (χ3v) is 5.69. The predicted molar refractivity (Wildman–Crippen MR) is 125 cm³/mol. The normalized spacial score (nSPS) is 14.9. The fourth-order valence-electron chi connectivity index (χ4n) is 3.75. The Morgan fingerprint density at radius 2 is 1.80 bits per heavy atom. The molecule has 35 heavy (non-hydrogen) atoms. The van der Waals surface area contributed by atoms with Gasteiger partial charge >= 0.3 is 12.1 Å². The molecule has 0 saturated carbocycles. The van der Waals surface area contributed by atoms with Crippen LogP contribution in [0, 0.1) is 11.7 Å². The second-order valence-electron chi connectivity index (χ2n) is 8.64. The first kappa shape index (κ1) is 26.0. The predicted octanol–water partition coefficient (Wildman–Crippen LogP) is 3.35. The van der Waals surface area contributed by atoms with Crippen LogP contribution in [0.2, 0.25) is 0 Å². The molecule has 188 valence electrons. The minimum atomic E-state index is -1.27. The fraction of sp³-hybridized carbons (Fsp3) is 0.400. The minimum Gasteiger partial charge on any atom is -0.489 e. The number of nitrogens with zero attached hydrogens (tertiary/aromatic N) is 1. The Labute approximate surface area is 203 Å². The van der Waals surface area contributed by atoms with Crippen LogP contribution in [0.1, 0.15) is 42.6 Å². The summed E-state index contributed by atoms with van der Waals surface area (Å²) in [5.41, 5.74) is 5.84. The van der Waals surface area contributed by atoms with Gasteiger partial charge in [0.25, 0.3) is 0 Å². The lowest BCUT2D eigenvalue weighted by molar-refractivity contribution is -0.136. The summed E-state index contributed by atoms with van der Waals surface area (Å²) in [5, 5.41) is 9.28. The summed E-state index contributed by atoms with van der Waals surface area (Å²) in [4.78, 5) is 38.2. The van der Waals surface area contributed by atoms with E-state index in [1.165, 1.54) is 6.07 Å². The number of hydrogen-bond acceptors (Lipinski definition) is 6. The molecule has 3 rings (SSSR count). The van der Waals surface area contributed by atoms with Crippen molar-refractivity contribution in [1.82, 2.24) is 15.8 Å². The van der Waals surface area contributed by atoms with Crippen molar-refractivity contribution >= 4 is 18.0 Å². The van der Waals surface area contributed by atoms with E-state index in [9.17, 15) is 23.9 Å². The maximum absolute atomic E-state index is 13.4. The molecule has 0 bridgehead atoms. The van der Waals surface area contributed by atoms with Crippen molar-refractivity contribution in [1.29, 1.82) is 0 Å². The van der Waals surface area contributed by atoms with Crippen molar-refractivity contribution in [2.45, 2.75) is 45.4 Å². The molecule has 9 nitrogen and oxygen atoms in total. The second-order valence-corrected chi connectivity index (χ2v) is 8.64. The topological polar surface area (TPSA) is 117 Å². The summed E-state index contributed by atoms with van der Waals surface area (Å²) in [6.45, 7) is 4.64. The van der Waals surface area contributed by atoms with E-state index < -0.39 is 23.9 Å². The Morgan fingerprint density at radius 1 is 1.11 bits per heavy atom. The quantitative estimate of drug-likeness (QED) is 0.465. The number of hydrogen-bond donors (Lipinski definition) is 3. The lowest BCUT2D eigenvalue weighted by Crippen LogP contribution is -2.56. The molecule has 3 N–H and O–H groups in total. The zero-order valence-corrected chi connectivity index (χ0v) is 19.7. The van der Waals surface area contributed by atoms with E-state index in [4.69, 9.17) is 9.47 Å². The van der Waals surface area contributed by atoms with Crippen molar-refractivity contribution in [2.75, 3.05) is 13.1 Å². The van der Waals surface area contributed by atoms with Gasteiger partial charge < -0.3 is 19.5 Å². The second kappa shape index (κ2) is 12.2. The van der Waals surface area contributed by atoms with Gasteiger partial charge in [0.2, 0.25) is 5.91 Å². The number of amides is 2. The Balaban J connectivity index is 1.49. The third kappa shape index (κ3) is 7.41. The number of rotatable bonds is 9. The highest BCUT2D eigenvalue weighted by molar-refractivity contribution is 5.90. The van der Waals surface area contributed by atoms with Crippen LogP contribution < -0.4 is 15.6 Å². The zero-order valence-electron chi connectivity index (χ0n) is 19.7. The van der Waals surface area contributed by atoms with Crippen molar-refractivity contribution < 1.29 is 33.4 Å². The Bertz CT molecular complexity index is 1030. The van der Waals surface area contributed by atoms with Gasteiger partial charge in [-0.1, -0.05) is 44.2 Å². The molecule has 2 aromatic rings. The minimum absolute atomic E-state index is 0.101. The van der Waals surface area contributed by atoms with E-state index in [0.29, 0.717) is 25.9 Å². The number of piperidine rings is 1. The number of benzene rings is 2. The van der Waals surface area contributed by atoms with Crippen LogP contribution in [-0.2, 0) is 16.1 Å². The smallest absolute Gasteiger partial charge is 0.421 e. The highest BCUT2D eigenvalue weighted by Gasteiger charge is 2.31. The van der Waals surface area contributed by atoms with Gasteiger partial charge in [-0.05, 0) is 29.7 Å². The summed E-state index contributed by atoms with van der Waals surface area (Å²) < 4.78 is 24.4. The van der Waals surface area contributed by atoms with Gasteiger partial charge in [0.05, 0.1) is 0 Å². The van der Waals surface area contributed by atoms with E-state index in [2.05, 4.69) is 10.9 Å². The van der Waals surface area contributed by atoms with Gasteiger partial charge in [-0.3, -0.25) is 10.2 Å². The lowest BCUT2D eigenvalue weighted by atomic mass is 10.0. The van der Waals surface area contributed by atoms with Crippen LogP contribution in [0.15, 0.2) is 48.5 Å². The number of nitrogens with one attached hydrogen (secondary N) is 2. The summed E-state index contributed by atoms with van der Waals surface area (Å²) in [6, 6.07) is 12.0. The molecule has 0 unspecified atom stereocenters. The lowest BCUT2D eigenvalue weighted by Gasteiger charge is -2.35. The van der Waals surface area contributed by atoms with Crippen LogP contribution in [-0.4, -0.2) is 53.2 Å². The van der Waals surface area contributed by atoms with Crippen LogP contribution in [0.4, 0.5) is 9.18 Å². The standard InChI is InChI=1S/C25H30FN3O6/c1-16(2)22(27-28-25(33)34-15-17-6-4-3-5-7-17)23(30)29-12-10-19(11-13-29)35-21-9-8-18(26)14-20(21)24(31)32/h3-9,14,16,19,22,27H,10-13,15H2,1-2H3,(H,28,33)(H,31,32)/t22-/m0/s1. The van der Waals surface area contributed by atoms with Gasteiger partial charge in [0, 0.05) is 25.9 Å². The van der Waals surface area contributed by atoms with Gasteiger partial charge in [-0.25, -0.2) is 19.4 Å². The van der Waals surface area contributed by atoms with Crippen LogP contribution in [0.5, 0.6) is 5.75 Å². The molecule has 0 radical (unpaired) electrons. The molecule has 10 heteroatoms. The molecule has 1 aliphatic heterocycles. The molecule has 1 fully saturated rings. The molecular weight excluding hydrogens is 457 g/mol. The largest absolute Gasteiger partial charge is 0.489 e. The number of carbonyl (C=O) groups is 3. The van der Waals surface area contributed by atoms with Gasteiger partial charge in [0.1, 0.15) is 35.9 Å². The molecule has 2 aromatic carbocycles. The van der Waals surface area contributed by atoms with E-state index in [-0.39, 0.29) is 35.8 Å². The molecule has 2 amide bonds. The Hall–Kier alpha value is -3.66. The van der Waals surface area contributed by atoms with Crippen LogP contribution in [0.25, 0.3) is 0 Å². The molecule has 1 atom stereocenters. The van der Waals surface area contributed by atoms with Gasteiger partial charge in [0.15, 0.2) is 0 Å². The maximum atomic E-state index is 13.4. The number of ether oxygens (including phenoxy) is 2. The monoisotopic (exact) mass is 487 g/mol. The molecule has 0 aromatic heterocycles. The summed E-state index contributed by atoms with van der Waals surface area (Å²) in [5.74, 6) is -2.10. The number of halogens is 1. The van der Waals surface area contributed by atoms with Crippen molar-refractivity contribution in [3.05, 3.63) is 65.5 Å². The zero-order chi connectivity index (χ0) is 25.4. The number of carboxylic acid groups (broad SMARTS) is 1. The first-order valence-electron chi connectivity index (χ1n) is 11.4. The number of carbonyl (C=O) groups excluding carboxylic acids is 2. The molecule has 1 heterocycles. The van der Waals surface area contributed by atoms with E-state index >= 15 is 0 Å². The highest BCUT2D eigenvalue weighted by Crippen LogP contribution is 2.25. The third-order valence-electron chi connectivity index (χ3n) is 5.69. The molecular formula is C25H30FN3O6. The highest BCUT2D eigenvalue weighted by atomic mass is 19.1. The Morgan fingerprint density at radius 3 is 2.43 bits per heavy atom. The molecule has 0 spiro atoms. The number of carboxylic acids is 1. The summed E-state index contributed by atoms with van der Waals surface area (Å²) >= 11 is 0. The number of likely N-dealkylation sites (tertiary alicyclic amines) is 1. The van der Waals surface area contributed by atoms with Crippen LogP contribution >= 0.6 is 0 Å². The average molecular weight is 488 g/mol. The average Bonchev–Trinajstić information content (AvgIpc) is 2.84. The summed E-state index contributed by atoms with van der Waals surface area (Å²) in [6.07, 6.45) is -0.0221. The van der Waals surface area contributed by atoms with E-state index in [1.807, 2.05) is 44.2 Å². The molecule has 0 aliphatic carbocycles. The summed E-state index contributed by atoms with van der Waals surface area (Å²) in [7, 11) is 0. The van der Waals surface area contributed by atoms with Crippen molar-refractivity contribution in [3.8, 4) is 5.75 Å². The van der Waals surface area contributed by atoms with Crippen LogP contribution in [0.3, 0.4) is 0 Å². The fourth-order valence-corrected chi connectivity index (χ4v) is 3.75. The van der Waals surface area contributed by atoms with Gasteiger partial charge in [-0.2, -0.15) is 0 Å². The first-order chi connectivity index (χ1) is 16.7. The van der Waals surface area contributed by atoms with E-state index in [1.54, 1.807) is 4.90 Å². The molecule has 1 aliphatic rings. The van der Waals surface area contributed by atoms with E-state index in [0.717, 1.165) is 17.7 Å². The van der Waals surface area contributed by atoms with Crippen molar-refractivity contribution in [2.24, 2.45) is 5.92 Å². The number of aromatic carboxylic acids is 1. The maximum Gasteiger partial charge on any atom is 0.421 e. The molecule has 1 saturated heterocycles. The SMILES string of the molecule is CC(C)[C@H](NNC(=O)OCc1ccccc1)C(=O)N1CCC(Oc2ccc(F)cc2C(=O)O)CC1. The van der Waals surface area contributed by atoms with Gasteiger partial charge in [-0.15, -0.1) is 0 Å². The Kier molecular flexibility index (Phi) is 9.02. The first-order valence-corrected chi connectivity index (χ1v) is 11.4. The van der Waals surface area contributed by atoms with Crippen molar-refractivity contribution in [3.63, 3.8) is 0 Å².